The maximum atomic E-state index is 15.9. The maximum Gasteiger partial charge on any atom is 0.309 e. The SMILES string of the molecule is CCOc1cc(-c2ncc(C3CCc4ccc(C(C5CC5)C(C)C(=O)OC)c(F)c4O3)nc2C)c(F)cn1. The van der Waals surface area contributed by atoms with Crippen LogP contribution in [0.3, 0.4) is 0 Å². The minimum atomic E-state index is -0.526. The van der Waals surface area contributed by atoms with Crippen molar-refractivity contribution < 1.29 is 27.8 Å². The first-order chi connectivity index (χ1) is 18.3. The molecule has 3 aromatic rings. The highest BCUT2D eigenvalue weighted by atomic mass is 19.1. The largest absolute Gasteiger partial charge is 0.481 e. The summed E-state index contributed by atoms with van der Waals surface area (Å²) in [5, 5.41) is 0. The number of hydrogen-bond acceptors (Lipinski definition) is 7. The molecule has 3 unspecified atom stereocenters. The van der Waals surface area contributed by atoms with E-state index in [4.69, 9.17) is 14.2 Å². The number of halogens is 2. The van der Waals surface area contributed by atoms with Crippen LogP contribution in [0.5, 0.6) is 11.6 Å². The summed E-state index contributed by atoms with van der Waals surface area (Å²) >= 11 is 0. The van der Waals surface area contributed by atoms with Crippen molar-refractivity contribution in [2.24, 2.45) is 11.8 Å². The number of carbonyl (C=O) groups is 1. The Morgan fingerprint density at radius 1 is 1.18 bits per heavy atom. The molecule has 9 heteroatoms. The van der Waals surface area contributed by atoms with Gasteiger partial charge in [0.1, 0.15) is 6.10 Å². The molecule has 1 aromatic carbocycles. The number of methoxy groups -OCH3 is 1. The number of carbonyl (C=O) groups excluding carboxylic acids is 1. The summed E-state index contributed by atoms with van der Waals surface area (Å²) in [6, 6.07) is 5.19. The topological polar surface area (TPSA) is 83.4 Å². The molecular weight excluding hydrogens is 492 g/mol. The summed E-state index contributed by atoms with van der Waals surface area (Å²) < 4.78 is 47.0. The molecule has 200 valence electrons. The average molecular weight is 524 g/mol. The van der Waals surface area contributed by atoms with E-state index < -0.39 is 23.7 Å². The molecule has 0 bridgehead atoms. The number of benzene rings is 1. The van der Waals surface area contributed by atoms with E-state index in [0.29, 0.717) is 48.0 Å². The van der Waals surface area contributed by atoms with E-state index in [0.717, 1.165) is 24.6 Å². The van der Waals surface area contributed by atoms with Crippen LogP contribution in [-0.4, -0.2) is 34.6 Å². The van der Waals surface area contributed by atoms with E-state index >= 15 is 4.39 Å². The van der Waals surface area contributed by atoms with Gasteiger partial charge in [0, 0.05) is 17.5 Å². The molecule has 3 atom stereocenters. The molecule has 0 N–H and O–H groups in total. The van der Waals surface area contributed by atoms with Crippen molar-refractivity contribution in [1.82, 2.24) is 15.0 Å². The Morgan fingerprint density at radius 2 is 1.97 bits per heavy atom. The number of pyridine rings is 1. The molecule has 2 aromatic heterocycles. The van der Waals surface area contributed by atoms with Gasteiger partial charge in [-0.15, -0.1) is 0 Å². The molecule has 0 amide bonds. The minimum absolute atomic E-state index is 0.200. The van der Waals surface area contributed by atoms with Crippen LogP contribution >= 0.6 is 0 Å². The number of rotatable bonds is 8. The predicted molar refractivity (Wildman–Crippen MR) is 136 cm³/mol. The fourth-order valence-corrected chi connectivity index (χ4v) is 5.36. The Morgan fingerprint density at radius 3 is 2.66 bits per heavy atom. The van der Waals surface area contributed by atoms with Crippen LogP contribution in [0.2, 0.25) is 0 Å². The van der Waals surface area contributed by atoms with Crippen molar-refractivity contribution in [3.63, 3.8) is 0 Å². The molecule has 7 nitrogen and oxygen atoms in total. The van der Waals surface area contributed by atoms with Crippen LogP contribution < -0.4 is 9.47 Å². The Bertz CT molecular complexity index is 1360. The Labute approximate surface area is 220 Å². The average Bonchev–Trinajstić information content (AvgIpc) is 3.76. The molecule has 5 rings (SSSR count). The van der Waals surface area contributed by atoms with Gasteiger partial charge in [-0.3, -0.25) is 14.8 Å². The van der Waals surface area contributed by atoms with Crippen LogP contribution in [0.1, 0.15) is 67.6 Å². The minimum Gasteiger partial charge on any atom is -0.481 e. The third kappa shape index (κ3) is 4.93. The molecular formula is C29H31F2N3O4. The summed E-state index contributed by atoms with van der Waals surface area (Å²) in [5.74, 6) is -1.28. The van der Waals surface area contributed by atoms with Gasteiger partial charge in [0.2, 0.25) is 5.88 Å². The standard InChI is InChI=1S/C29H31F2N3O4/c1-5-37-24-12-20(21(30)13-32-24)27-16(3)34-22(14-33-27)23-11-9-18-8-10-19(26(31)28(18)38-23)25(17-6-7-17)15(2)29(35)36-4/h8,10,12-15,17,23,25H,5-7,9,11H2,1-4H3. The van der Waals surface area contributed by atoms with Crippen molar-refractivity contribution in [1.29, 1.82) is 0 Å². The van der Waals surface area contributed by atoms with Crippen LogP contribution in [0.4, 0.5) is 8.78 Å². The van der Waals surface area contributed by atoms with Gasteiger partial charge in [-0.25, -0.2) is 13.8 Å². The molecule has 1 aliphatic carbocycles. The summed E-state index contributed by atoms with van der Waals surface area (Å²) in [4.78, 5) is 25.4. The molecule has 0 saturated heterocycles. The summed E-state index contributed by atoms with van der Waals surface area (Å²) in [6.45, 7) is 5.77. The van der Waals surface area contributed by atoms with Crippen LogP contribution in [0, 0.1) is 30.4 Å². The first-order valence-corrected chi connectivity index (χ1v) is 13.0. The first-order valence-electron chi connectivity index (χ1n) is 13.0. The number of nitrogens with zero attached hydrogens (tertiary/aromatic N) is 3. The predicted octanol–water partition coefficient (Wildman–Crippen LogP) is 5.89. The van der Waals surface area contributed by atoms with Gasteiger partial charge in [0.05, 0.1) is 49.1 Å². The van der Waals surface area contributed by atoms with Gasteiger partial charge in [0.15, 0.2) is 17.4 Å². The number of aromatic nitrogens is 3. The molecule has 1 aliphatic heterocycles. The van der Waals surface area contributed by atoms with E-state index in [2.05, 4.69) is 15.0 Å². The molecule has 1 saturated carbocycles. The van der Waals surface area contributed by atoms with E-state index in [-0.39, 0.29) is 29.1 Å². The number of fused-ring (bicyclic) bond motifs is 1. The van der Waals surface area contributed by atoms with Gasteiger partial charge in [0.25, 0.3) is 0 Å². The second-order valence-electron chi connectivity index (χ2n) is 9.94. The van der Waals surface area contributed by atoms with E-state index in [1.165, 1.54) is 13.2 Å². The molecule has 0 spiro atoms. The lowest BCUT2D eigenvalue weighted by molar-refractivity contribution is -0.145. The number of ether oxygens (including phenoxy) is 3. The Hall–Kier alpha value is -3.62. The summed E-state index contributed by atoms with van der Waals surface area (Å²) in [5.41, 5.74) is 2.95. The molecule has 1 fully saturated rings. The van der Waals surface area contributed by atoms with Gasteiger partial charge < -0.3 is 14.2 Å². The van der Waals surface area contributed by atoms with E-state index in [1.54, 1.807) is 26.1 Å². The zero-order valence-electron chi connectivity index (χ0n) is 22.0. The van der Waals surface area contributed by atoms with Crippen molar-refractivity contribution in [2.75, 3.05) is 13.7 Å². The number of esters is 1. The maximum absolute atomic E-state index is 15.9. The molecule has 38 heavy (non-hydrogen) atoms. The van der Waals surface area contributed by atoms with Crippen LogP contribution in [-0.2, 0) is 16.0 Å². The molecule has 2 aliphatic rings. The zero-order valence-corrected chi connectivity index (χ0v) is 22.0. The summed E-state index contributed by atoms with van der Waals surface area (Å²) in [6.07, 6.45) is 5.26. The highest BCUT2D eigenvalue weighted by Gasteiger charge is 2.41. The number of aryl methyl sites for hydroxylation is 2. The Kier molecular flexibility index (Phi) is 7.27. The monoisotopic (exact) mass is 523 g/mol. The third-order valence-corrected chi connectivity index (χ3v) is 7.42. The lowest BCUT2D eigenvalue weighted by Crippen LogP contribution is -2.24. The van der Waals surface area contributed by atoms with Crippen molar-refractivity contribution in [2.45, 2.75) is 58.5 Å². The molecule has 3 heterocycles. The Balaban J connectivity index is 1.43. The lowest BCUT2D eigenvalue weighted by Gasteiger charge is -2.29. The first kappa shape index (κ1) is 26.0. The van der Waals surface area contributed by atoms with Gasteiger partial charge >= 0.3 is 5.97 Å². The fraction of sp³-hybridized carbons (Fsp3) is 0.448. The van der Waals surface area contributed by atoms with Gasteiger partial charge in [-0.1, -0.05) is 19.1 Å². The smallest absolute Gasteiger partial charge is 0.309 e. The second-order valence-corrected chi connectivity index (χ2v) is 9.94. The van der Waals surface area contributed by atoms with E-state index in [1.807, 2.05) is 13.0 Å². The highest BCUT2D eigenvalue weighted by molar-refractivity contribution is 5.73. The normalized spacial score (nSPS) is 18.2. The van der Waals surface area contributed by atoms with Crippen LogP contribution in [0.25, 0.3) is 11.3 Å². The fourth-order valence-electron chi connectivity index (χ4n) is 5.36. The zero-order chi connectivity index (χ0) is 27.0. The van der Waals surface area contributed by atoms with Gasteiger partial charge in [-0.2, -0.15) is 0 Å². The van der Waals surface area contributed by atoms with Crippen molar-refractivity contribution >= 4 is 5.97 Å². The van der Waals surface area contributed by atoms with Crippen LogP contribution in [0.15, 0.2) is 30.6 Å². The molecule has 0 radical (unpaired) electrons. The van der Waals surface area contributed by atoms with E-state index in [9.17, 15) is 9.18 Å². The quantitative estimate of drug-likeness (QED) is 0.340. The second kappa shape index (κ2) is 10.6. The van der Waals surface area contributed by atoms with Crippen molar-refractivity contribution in [3.05, 3.63) is 64.7 Å². The number of hydrogen-bond donors (Lipinski definition) is 0. The van der Waals surface area contributed by atoms with Gasteiger partial charge in [-0.05, 0) is 56.6 Å². The highest BCUT2D eigenvalue weighted by Crippen LogP contribution is 2.49. The summed E-state index contributed by atoms with van der Waals surface area (Å²) in [7, 11) is 1.36. The lowest BCUT2D eigenvalue weighted by atomic mass is 9.82. The third-order valence-electron chi connectivity index (χ3n) is 7.42. The van der Waals surface area contributed by atoms with Crippen molar-refractivity contribution in [3.8, 4) is 22.9 Å².